The number of nitrogens with zero attached hydrogens (tertiary/aromatic N) is 4. The molecule has 3 rings (SSSR count). The smallest absolute Gasteiger partial charge is 0.255 e. The summed E-state index contributed by atoms with van der Waals surface area (Å²) in [6, 6.07) is 1.86. The fourth-order valence-electron chi connectivity index (χ4n) is 3.46. The Morgan fingerprint density at radius 1 is 1.33 bits per heavy atom. The highest BCUT2D eigenvalue weighted by molar-refractivity contribution is 5.94. The minimum atomic E-state index is -0.0788. The number of likely N-dealkylation sites (N-methyl/N-ethyl adjacent to an activating group) is 2. The third-order valence-electron chi connectivity index (χ3n) is 4.61. The molecule has 0 aromatic carbocycles. The summed E-state index contributed by atoms with van der Waals surface area (Å²) in [5.74, 6) is 0.406. The van der Waals surface area contributed by atoms with E-state index in [0.29, 0.717) is 24.6 Å². The van der Waals surface area contributed by atoms with E-state index in [9.17, 15) is 9.59 Å². The lowest BCUT2D eigenvalue weighted by Gasteiger charge is -2.25. The van der Waals surface area contributed by atoms with Gasteiger partial charge in [0.25, 0.3) is 5.91 Å². The molecule has 0 saturated carbocycles. The summed E-state index contributed by atoms with van der Waals surface area (Å²) in [7, 11) is 3.63. The summed E-state index contributed by atoms with van der Waals surface area (Å²) in [6.45, 7) is 1.36. The Bertz CT molecular complexity index is 550. The molecule has 0 spiro atoms. The predicted molar refractivity (Wildman–Crippen MR) is 75.4 cm³/mol. The van der Waals surface area contributed by atoms with Crippen LogP contribution in [0.3, 0.4) is 0 Å². The third kappa shape index (κ3) is 2.37. The molecule has 7 heteroatoms. The zero-order valence-electron chi connectivity index (χ0n) is 12.2. The van der Waals surface area contributed by atoms with Crippen LogP contribution in [0.5, 0.6) is 0 Å². The van der Waals surface area contributed by atoms with Gasteiger partial charge in [-0.15, -0.1) is 0 Å². The van der Waals surface area contributed by atoms with Crippen molar-refractivity contribution in [2.24, 2.45) is 5.92 Å². The zero-order chi connectivity index (χ0) is 15.0. The molecule has 3 atom stereocenters. The van der Waals surface area contributed by atoms with Crippen molar-refractivity contribution in [2.75, 3.05) is 27.2 Å². The molecule has 7 nitrogen and oxygen atoms in total. The van der Waals surface area contributed by atoms with Gasteiger partial charge in [-0.2, -0.15) is 10.2 Å². The lowest BCUT2D eigenvalue weighted by atomic mass is 10.0. The number of nitrogens with one attached hydrogen (secondary N) is 1. The highest BCUT2D eigenvalue weighted by Gasteiger charge is 2.47. The van der Waals surface area contributed by atoms with Crippen molar-refractivity contribution < 1.29 is 9.59 Å². The van der Waals surface area contributed by atoms with Gasteiger partial charge in [-0.3, -0.25) is 14.5 Å². The van der Waals surface area contributed by atoms with Crippen molar-refractivity contribution in [3.63, 3.8) is 0 Å². The van der Waals surface area contributed by atoms with E-state index in [1.54, 1.807) is 13.1 Å². The number of hydrogen-bond acceptors (Lipinski definition) is 5. The lowest BCUT2D eigenvalue weighted by molar-refractivity contribution is -0.125. The Morgan fingerprint density at radius 2 is 2.14 bits per heavy atom. The molecule has 112 valence electrons. The average molecular weight is 289 g/mol. The van der Waals surface area contributed by atoms with Crippen LogP contribution in [0.15, 0.2) is 18.5 Å². The number of fused-ring (bicyclic) bond motifs is 1. The second-order valence-electron chi connectivity index (χ2n) is 5.70. The molecule has 2 amide bonds. The summed E-state index contributed by atoms with van der Waals surface area (Å²) in [5, 5.41) is 10.1. The largest absolute Gasteiger partial charge is 0.358 e. The minimum absolute atomic E-state index is 0.0100. The van der Waals surface area contributed by atoms with Gasteiger partial charge in [0, 0.05) is 26.2 Å². The second-order valence-corrected chi connectivity index (χ2v) is 5.70. The van der Waals surface area contributed by atoms with Crippen LogP contribution in [0, 0.1) is 5.92 Å². The van der Waals surface area contributed by atoms with Gasteiger partial charge in [0.05, 0.1) is 24.0 Å². The van der Waals surface area contributed by atoms with Crippen LogP contribution in [0.4, 0.5) is 0 Å². The number of carbonyl (C=O) groups is 2. The molecule has 2 saturated heterocycles. The van der Waals surface area contributed by atoms with Gasteiger partial charge in [-0.05, 0) is 25.5 Å². The first-order chi connectivity index (χ1) is 10.1. The zero-order valence-corrected chi connectivity index (χ0v) is 12.2. The molecular formula is C14H19N5O2. The predicted octanol–water partition coefficient (Wildman–Crippen LogP) is -0.633. The van der Waals surface area contributed by atoms with Crippen LogP contribution in [-0.4, -0.2) is 71.1 Å². The Balaban J connectivity index is 1.69. The monoisotopic (exact) mass is 289 g/mol. The van der Waals surface area contributed by atoms with Gasteiger partial charge in [0.1, 0.15) is 0 Å². The molecule has 1 N–H and O–H groups in total. The van der Waals surface area contributed by atoms with Gasteiger partial charge in [0.15, 0.2) is 0 Å². The Morgan fingerprint density at radius 3 is 2.76 bits per heavy atom. The van der Waals surface area contributed by atoms with Crippen molar-refractivity contribution >= 4 is 11.8 Å². The number of amides is 2. The quantitative estimate of drug-likeness (QED) is 0.784. The van der Waals surface area contributed by atoms with E-state index in [1.165, 1.54) is 12.4 Å². The summed E-state index contributed by atoms with van der Waals surface area (Å²) in [5.41, 5.74) is 0.565. The molecule has 21 heavy (non-hydrogen) atoms. The molecule has 2 fully saturated rings. The molecular weight excluding hydrogens is 270 g/mol. The molecule has 0 radical (unpaired) electrons. The summed E-state index contributed by atoms with van der Waals surface area (Å²) < 4.78 is 0. The van der Waals surface area contributed by atoms with Crippen LogP contribution in [0.2, 0.25) is 0 Å². The van der Waals surface area contributed by atoms with E-state index in [0.717, 1.165) is 6.42 Å². The number of likely N-dealkylation sites (tertiary alicyclic amines) is 2. The van der Waals surface area contributed by atoms with Crippen LogP contribution < -0.4 is 5.32 Å². The summed E-state index contributed by atoms with van der Waals surface area (Å²) >= 11 is 0. The molecule has 2 aliphatic rings. The normalized spacial score (nSPS) is 28.5. The molecule has 1 aromatic heterocycles. The summed E-state index contributed by atoms with van der Waals surface area (Å²) in [6.07, 6.45) is 3.82. The number of aromatic nitrogens is 2. The highest BCUT2D eigenvalue weighted by Crippen LogP contribution is 2.35. The van der Waals surface area contributed by atoms with Gasteiger partial charge >= 0.3 is 0 Å². The number of rotatable bonds is 2. The molecule has 0 bridgehead atoms. The molecule has 3 heterocycles. The highest BCUT2D eigenvalue weighted by atomic mass is 16.2. The SMILES string of the molecule is CNC(=O)[C@@H]1C[C@H]2CN(C(=O)c3ccnnc3)C[C@H]2N1C. The van der Waals surface area contributed by atoms with E-state index in [1.807, 2.05) is 11.9 Å². The fourth-order valence-corrected chi connectivity index (χ4v) is 3.46. The van der Waals surface area contributed by atoms with Gasteiger partial charge in [-0.1, -0.05) is 0 Å². The molecule has 2 aliphatic heterocycles. The van der Waals surface area contributed by atoms with E-state index in [4.69, 9.17) is 0 Å². The van der Waals surface area contributed by atoms with Crippen molar-refractivity contribution in [1.29, 1.82) is 0 Å². The first-order valence-electron chi connectivity index (χ1n) is 7.11. The first-order valence-corrected chi connectivity index (χ1v) is 7.11. The second kappa shape index (κ2) is 5.40. The van der Waals surface area contributed by atoms with E-state index in [-0.39, 0.29) is 23.9 Å². The van der Waals surface area contributed by atoms with Gasteiger partial charge in [-0.25, -0.2) is 0 Å². The van der Waals surface area contributed by atoms with Crippen molar-refractivity contribution in [3.05, 3.63) is 24.0 Å². The third-order valence-corrected chi connectivity index (χ3v) is 4.61. The Kier molecular flexibility index (Phi) is 3.59. The van der Waals surface area contributed by atoms with Crippen LogP contribution >= 0.6 is 0 Å². The topological polar surface area (TPSA) is 78.4 Å². The molecule has 1 aromatic rings. The molecule has 0 unspecified atom stereocenters. The standard InChI is InChI=1S/C14H19N5O2/c1-15-13(20)11-5-10-7-19(8-12(10)18(11)2)14(21)9-3-4-16-17-6-9/h3-4,6,10-12H,5,7-8H2,1-2H3,(H,15,20)/t10-,11-,12+/m0/s1. The van der Waals surface area contributed by atoms with Crippen molar-refractivity contribution in [2.45, 2.75) is 18.5 Å². The van der Waals surface area contributed by atoms with Gasteiger partial charge in [0.2, 0.25) is 5.91 Å². The van der Waals surface area contributed by atoms with Crippen LogP contribution in [0.25, 0.3) is 0 Å². The Labute approximate surface area is 123 Å². The van der Waals surface area contributed by atoms with Crippen molar-refractivity contribution in [1.82, 2.24) is 25.3 Å². The van der Waals surface area contributed by atoms with Crippen LogP contribution in [0.1, 0.15) is 16.8 Å². The maximum absolute atomic E-state index is 12.4. The van der Waals surface area contributed by atoms with Gasteiger partial charge < -0.3 is 10.2 Å². The minimum Gasteiger partial charge on any atom is -0.358 e. The lowest BCUT2D eigenvalue weighted by Crippen LogP contribution is -2.45. The fraction of sp³-hybridized carbons (Fsp3) is 0.571. The maximum Gasteiger partial charge on any atom is 0.255 e. The van der Waals surface area contributed by atoms with Crippen molar-refractivity contribution in [3.8, 4) is 0 Å². The van der Waals surface area contributed by atoms with E-state index < -0.39 is 0 Å². The van der Waals surface area contributed by atoms with E-state index >= 15 is 0 Å². The van der Waals surface area contributed by atoms with E-state index in [2.05, 4.69) is 20.4 Å². The number of hydrogen-bond donors (Lipinski definition) is 1. The van der Waals surface area contributed by atoms with Crippen LogP contribution in [-0.2, 0) is 4.79 Å². The Hall–Kier alpha value is -2.02. The first kappa shape index (κ1) is 13.9. The average Bonchev–Trinajstić information content (AvgIpc) is 3.06. The molecule has 0 aliphatic carbocycles. The number of carbonyl (C=O) groups excluding carboxylic acids is 2. The summed E-state index contributed by atoms with van der Waals surface area (Å²) in [4.78, 5) is 28.2. The maximum atomic E-state index is 12.4.